The lowest BCUT2D eigenvalue weighted by Crippen LogP contribution is -2.25. The van der Waals surface area contributed by atoms with Crippen molar-refractivity contribution in [1.82, 2.24) is 0 Å². The summed E-state index contributed by atoms with van der Waals surface area (Å²) < 4.78 is 0. The molecular formula is C13H18N2. The minimum Gasteiger partial charge on any atom is -0.303 e. The summed E-state index contributed by atoms with van der Waals surface area (Å²) in [5.74, 6) is 0.544. The fourth-order valence-corrected chi connectivity index (χ4v) is 2.35. The van der Waals surface area contributed by atoms with Gasteiger partial charge in [-0.1, -0.05) is 31.4 Å². The van der Waals surface area contributed by atoms with Gasteiger partial charge in [-0.05, 0) is 18.9 Å². The molecule has 2 aliphatic rings. The lowest BCUT2D eigenvalue weighted by atomic mass is 9.83. The van der Waals surface area contributed by atoms with Crippen LogP contribution in [-0.4, -0.2) is 11.4 Å². The van der Waals surface area contributed by atoms with Gasteiger partial charge in [-0.25, -0.2) is 0 Å². The van der Waals surface area contributed by atoms with Crippen molar-refractivity contribution in [2.75, 3.05) is 0 Å². The van der Waals surface area contributed by atoms with E-state index in [0.29, 0.717) is 11.6 Å². The van der Waals surface area contributed by atoms with Gasteiger partial charge in [-0.3, -0.25) is 4.99 Å². The van der Waals surface area contributed by atoms with Gasteiger partial charge in [-0.2, -0.15) is 0 Å². The lowest BCUT2D eigenvalue weighted by molar-refractivity contribution is 0.441. The van der Waals surface area contributed by atoms with Gasteiger partial charge >= 0.3 is 0 Å². The molecule has 15 heavy (non-hydrogen) atoms. The Morgan fingerprint density at radius 3 is 2.73 bits per heavy atom. The smallest absolute Gasteiger partial charge is 0.0645 e. The first-order chi connectivity index (χ1) is 7.38. The predicted molar refractivity (Wildman–Crippen MR) is 64.6 cm³/mol. The van der Waals surface area contributed by atoms with Crippen molar-refractivity contribution in [1.29, 1.82) is 5.41 Å². The van der Waals surface area contributed by atoms with Crippen molar-refractivity contribution in [3.8, 4) is 0 Å². The molecule has 0 aromatic heterocycles. The normalized spacial score (nSPS) is 23.5. The van der Waals surface area contributed by atoms with E-state index >= 15 is 0 Å². The van der Waals surface area contributed by atoms with Crippen LogP contribution in [0, 0.1) is 11.3 Å². The number of aliphatic imine (C=N–C) groups is 1. The van der Waals surface area contributed by atoms with Crippen LogP contribution in [0.2, 0.25) is 0 Å². The van der Waals surface area contributed by atoms with E-state index in [1.54, 1.807) is 0 Å². The third-order valence-electron chi connectivity index (χ3n) is 3.17. The van der Waals surface area contributed by atoms with E-state index in [1.165, 1.54) is 32.1 Å². The van der Waals surface area contributed by atoms with Crippen LogP contribution in [0.15, 0.2) is 29.4 Å². The maximum atomic E-state index is 8.00. The monoisotopic (exact) mass is 202 g/mol. The lowest BCUT2D eigenvalue weighted by Gasteiger charge is -2.23. The fraction of sp³-hybridized carbons (Fsp3) is 0.538. The van der Waals surface area contributed by atoms with Crippen molar-refractivity contribution in [2.45, 2.75) is 38.5 Å². The number of allylic oxidation sites excluding steroid dienone is 3. The Kier molecular flexibility index (Phi) is 3.49. The van der Waals surface area contributed by atoms with E-state index < -0.39 is 0 Å². The van der Waals surface area contributed by atoms with E-state index in [4.69, 9.17) is 5.41 Å². The minimum atomic E-state index is 0.544. The number of nitrogens with zero attached hydrogens (tertiary/aromatic N) is 1. The highest BCUT2D eigenvalue weighted by Gasteiger charge is 2.21. The summed E-state index contributed by atoms with van der Waals surface area (Å²) in [6.45, 7) is 0. The zero-order chi connectivity index (χ0) is 10.5. The molecule has 1 saturated carbocycles. The Labute approximate surface area is 91.3 Å². The maximum Gasteiger partial charge on any atom is 0.0645 e. The topological polar surface area (TPSA) is 36.2 Å². The van der Waals surface area contributed by atoms with Crippen LogP contribution in [0.25, 0.3) is 0 Å². The first-order valence-corrected chi connectivity index (χ1v) is 5.85. The van der Waals surface area contributed by atoms with Gasteiger partial charge in [0.25, 0.3) is 0 Å². The van der Waals surface area contributed by atoms with E-state index in [2.05, 4.69) is 4.99 Å². The van der Waals surface area contributed by atoms with E-state index in [0.717, 1.165) is 12.1 Å². The molecule has 1 heterocycles. The summed E-state index contributed by atoms with van der Waals surface area (Å²) in [4.78, 5) is 4.45. The molecule has 0 spiro atoms. The predicted octanol–water partition coefficient (Wildman–Crippen LogP) is 3.50. The largest absolute Gasteiger partial charge is 0.303 e. The van der Waals surface area contributed by atoms with Crippen LogP contribution in [0.4, 0.5) is 0 Å². The number of hydrogen-bond donors (Lipinski definition) is 1. The molecule has 0 amide bonds. The second kappa shape index (κ2) is 5.06. The molecule has 0 atom stereocenters. The van der Waals surface area contributed by atoms with Gasteiger partial charge in [0.05, 0.1) is 11.4 Å². The zero-order valence-corrected chi connectivity index (χ0v) is 9.08. The molecule has 0 unspecified atom stereocenters. The van der Waals surface area contributed by atoms with Gasteiger partial charge in [0.15, 0.2) is 0 Å². The zero-order valence-electron chi connectivity index (χ0n) is 9.08. The Morgan fingerprint density at radius 1 is 1.13 bits per heavy atom. The summed E-state index contributed by atoms with van der Waals surface area (Å²) in [6.07, 6.45) is 14.9. The van der Waals surface area contributed by atoms with E-state index in [1.807, 2.05) is 24.4 Å². The highest BCUT2D eigenvalue weighted by atomic mass is 14.7. The number of nitrogens with one attached hydrogen (secondary N) is 1. The molecule has 0 aromatic carbocycles. The summed E-state index contributed by atoms with van der Waals surface area (Å²) in [5.41, 5.74) is 1.75. The van der Waals surface area contributed by atoms with Crippen molar-refractivity contribution in [3.63, 3.8) is 0 Å². The van der Waals surface area contributed by atoms with Crippen LogP contribution in [0.5, 0.6) is 0 Å². The van der Waals surface area contributed by atoms with Gasteiger partial charge in [0.2, 0.25) is 0 Å². The molecule has 1 aliphatic carbocycles. The molecule has 2 rings (SSSR count). The molecule has 1 fully saturated rings. The number of rotatable bonds is 1. The van der Waals surface area contributed by atoms with Crippen molar-refractivity contribution >= 4 is 11.4 Å². The molecule has 0 aromatic rings. The summed E-state index contributed by atoms with van der Waals surface area (Å²) in [5, 5.41) is 8.00. The van der Waals surface area contributed by atoms with Gasteiger partial charge in [0, 0.05) is 18.5 Å². The van der Waals surface area contributed by atoms with Gasteiger partial charge in [-0.15, -0.1) is 0 Å². The average molecular weight is 202 g/mol. The van der Waals surface area contributed by atoms with Crippen LogP contribution in [0.3, 0.4) is 0 Å². The Hall–Kier alpha value is -1.18. The van der Waals surface area contributed by atoms with Crippen LogP contribution in [-0.2, 0) is 0 Å². The molecule has 0 saturated heterocycles. The Morgan fingerprint density at radius 2 is 1.93 bits per heavy atom. The molecule has 2 heteroatoms. The van der Waals surface area contributed by atoms with Gasteiger partial charge in [0.1, 0.15) is 0 Å². The third kappa shape index (κ3) is 2.65. The molecular weight excluding hydrogens is 184 g/mol. The van der Waals surface area contributed by atoms with Crippen molar-refractivity contribution < 1.29 is 0 Å². The summed E-state index contributed by atoms with van der Waals surface area (Å²) in [7, 11) is 0. The molecule has 0 bridgehead atoms. The van der Waals surface area contributed by atoms with Gasteiger partial charge < -0.3 is 5.41 Å². The maximum absolute atomic E-state index is 8.00. The standard InChI is InChI=1S/C13H18N2/c14-12-9-5-2-6-10-15-13(12)11-7-3-1-4-8-11/h2,5-6,10-11,14H,1,3-4,7-9H2. The Balaban J connectivity index is 2.13. The number of hydrogen-bond acceptors (Lipinski definition) is 2. The molecule has 1 N–H and O–H groups in total. The van der Waals surface area contributed by atoms with Crippen molar-refractivity contribution in [3.05, 3.63) is 24.4 Å². The summed E-state index contributed by atoms with van der Waals surface area (Å²) in [6, 6.07) is 0. The fourth-order valence-electron chi connectivity index (χ4n) is 2.35. The highest BCUT2D eigenvalue weighted by Crippen LogP contribution is 2.26. The van der Waals surface area contributed by atoms with Crippen LogP contribution < -0.4 is 0 Å². The third-order valence-corrected chi connectivity index (χ3v) is 3.17. The molecule has 2 nitrogen and oxygen atoms in total. The van der Waals surface area contributed by atoms with E-state index in [-0.39, 0.29) is 0 Å². The highest BCUT2D eigenvalue weighted by molar-refractivity contribution is 6.42. The summed E-state index contributed by atoms with van der Waals surface area (Å²) >= 11 is 0. The minimum absolute atomic E-state index is 0.544. The van der Waals surface area contributed by atoms with Crippen LogP contribution >= 0.6 is 0 Å². The Bertz CT molecular complexity index is 317. The SMILES string of the molecule is N=C1CC=CC=CN=C1C1CCCCC1. The second-order valence-electron chi connectivity index (χ2n) is 4.30. The molecule has 1 aliphatic heterocycles. The van der Waals surface area contributed by atoms with Crippen LogP contribution in [0.1, 0.15) is 38.5 Å². The molecule has 0 radical (unpaired) electrons. The van der Waals surface area contributed by atoms with E-state index in [9.17, 15) is 0 Å². The molecule has 80 valence electrons. The average Bonchev–Trinajstić information content (AvgIpc) is 2.25. The first-order valence-electron chi connectivity index (χ1n) is 5.85. The first kappa shape index (κ1) is 10.3. The van der Waals surface area contributed by atoms with Crippen molar-refractivity contribution in [2.24, 2.45) is 10.9 Å². The second-order valence-corrected chi connectivity index (χ2v) is 4.30. The quantitative estimate of drug-likeness (QED) is 0.675.